The van der Waals surface area contributed by atoms with Crippen molar-refractivity contribution in [2.45, 2.75) is 5.75 Å². The highest BCUT2D eigenvalue weighted by Gasteiger charge is 2.01. The van der Waals surface area contributed by atoms with Gasteiger partial charge in [-0.05, 0) is 33.6 Å². The van der Waals surface area contributed by atoms with Gasteiger partial charge in [0.2, 0.25) is 0 Å². The topological polar surface area (TPSA) is 49.9 Å². The van der Waals surface area contributed by atoms with Crippen LogP contribution in [0.5, 0.6) is 0 Å². The van der Waals surface area contributed by atoms with Crippen LogP contribution >= 0.6 is 27.7 Å². The van der Waals surface area contributed by atoms with Gasteiger partial charge in [-0.2, -0.15) is 0 Å². The second-order valence-electron chi connectivity index (χ2n) is 2.40. The number of nitrogens with two attached hydrogens (primary N) is 1. The average Bonchev–Trinajstić information content (AvgIpc) is 2.07. The Morgan fingerprint density at radius 1 is 1.62 bits per heavy atom. The Morgan fingerprint density at radius 2 is 2.31 bits per heavy atom. The lowest BCUT2D eigenvalue weighted by Gasteiger charge is -2.00. The van der Waals surface area contributed by atoms with Crippen LogP contribution in [0.1, 0.15) is 5.56 Å². The SMILES string of the molecule is N=C(N)SCc1ccc(Br)c(F)c1. The van der Waals surface area contributed by atoms with Crippen LogP contribution in [-0.2, 0) is 5.75 Å². The third kappa shape index (κ3) is 3.36. The van der Waals surface area contributed by atoms with Crippen molar-refractivity contribution >= 4 is 32.9 Å². The van der Waals surface area contributed by atoms with E-state index in [1.165, 1.54) is 17.8 Å². The Kier molecular flexibility index (Phi) is 3.74. The van der Waals surface area contributed by atoms with E-state index in [1.54, 1.807) is 12.1 Å². The fourth-order valence-corrected chi connectivity index (χ4v) is 1.54. The number of benzene rings is 1. The third-order valence-corrected chi connectivity index (χ3v) is 2.81. The molecule has 1 rings (SSSR count). The number of nitrogens with one attached hydrogen (secondary N) is 1. The lowest BCUT2D eigenvalue weighted by Crippen LogP contribution is -2.03. The molecule has 0 amide bonds. The summed E-state index contributed by atoms with van der Waals surface area (Å²) in [4.78, 5) is 0. The summed E-state index contributed by atoms with van der Waals surface area (Å²) in [5.41, 5.74) is 5.97. The Bertz CT molecular complexity index is 330. The normalized spacial score (nSPS) is 10.0. The molecule has 0 bridgehead atoms. The van der Waals surface area contributed by atoms with E-state index in [2.05, 4.69) is 15.9 Å². The Balaban J connectivity index is 2.68. The minimum absolute atomic E-state index is 0.0447. The van der Waals surface area contributed by atoms with Gasteiger partial charge in [0.05, 0.1) is 4.47 Å². The molecule has 3 N–H and O–H groups in total. The highest BCUT2D eigenvalue weighted by Crippen LogP contribution is 2.19. The predicted octanol–water partition coefficient (Wildman–Crippen LogP) is 2.71. The highest BCUT2D eigenvalue weighted by molar-refractivity contribution is 9.10. The molecule has 0 spiro atoms. The summed E-state index contributed by atoms with van der Waals surface area (Å²) >= 11 is 4.24. The molecule has 0 aromatic heterocycles. The van der Waals surface area contributed by atoms with E-state index < -0.39 is 0 Å². The molecule has 0 heterocycles. The first-order chi connectivity index (χ1) is 6.09. The van der Waals surface area contributed by atoms with E-state index in [1.807, 2.05) is 0 Å². The second-order valence-corrected chi connectivity index (χ2v) is 4.27. The molecule has 0 saturated carbocycles. The molecular formula is C8H8BrFN2S. The van der Waals surface area contributed by atoms with Crippen LogP contribution in [-0.4, -0.2) is 5.17 Å². The Labute approximate surface area is 88.3 Å². The lowest BCUT2D eigenvalue weighted by molar-refractivity contribution is 0.620. The van der Waals surface area contributed by atoms with Gasteiger partial charge in [0.15, 0.2) is 5.17 Å². The van der Waals surface area contributed by atoms with Crippen LogP contribution in [0, 0.1) is 11.2 Å². The van der Waals surface area contributed by atoms with Crippen molar-refractivity contribution < 1.29 is 4.39 Å². The monoisotopic (exact) mass is 262 g/mol. The van der Waals surface area contributed by atoms with Crippen LogP contribution in [0.2, 0.25) is 0 Å². The van der Waals surface area contributed by atoms with Crippen molar-refractivity contribution in [3.05, 3.63) is 34.1 Å². The molecule has 1 aromatic carbocycles. The van der Waals surface area contributed by atoms with Gasteiger partial charge in [0.1, 0.15) is 5.82 Å². The third-order valence-electron chi connectivity index (χ3n) is 1.38. The minimum Gasteiger partial charge on any atom is -0.379 e. The van der Waals surface area contributed by atoms with Gasteiger partial charge in [-0.25, -0.2) is 4.39 Å². The summed E-state index contributed by atoms with van der Waals surface area (Å²) in [6, 6.07) is 4.87. The number of thioether (sulfide) groups is 1. The molecule has 70 valence electrons. The molecule has 0 aliphatic heterocycles. The van der Waals surface area contributed by atoms with Gasteiger partial charge in [-0.1, -0.05) is 17.8 Å². The fraction of sp³-hybridized carbons (Fsp3) is 0.125. The molecule has 0 aliphatic carbocycles. The van der Waals surface area contributed by atoms with Crippen molar-refractivity contribution in [2.24, 2.45) is 5.73 Å². The lowest BCUT2D eigenvalue weighted by atomic mass is 10.2. The quantitative estimate of drug-likeness (QED) is 0.636. The standard InChI is InChI=1S/C8H8BrFN2S/c9-6-2-1-5(3-7(6)10)4-13-8(11)12/h1-3H,4H2,(H3,11,12). The number of hydrogen-bond donors (Lipinski definition) is 2. The molecule has 1 aromatic rings. The largest absolute Gasteiger partial charge is 0.379 e. The number of halogens is 2. The number of rotatable bonds is 2. The van der Waals surface area contributed by atoms with Gasteiger partial charge < -0.3 is 5.73 Å². The van der Waals surface area contributed by atoms with Gasteiger partial charge >= 0.3 is 0 Å². The van der Waals surface area contributed by atoms with E-state index >= 15 is 0 Å². The summed E-state index contributed by atoms with van der Waals surface area (Å²) in [5, 5.41) is 7.02. The molecule has 0 aliphatic rings. The molecule has 0 saturated heterocycles. The molecular weight excluding hydrogens is 255 g/mol. The predicted molar refractivity (Wildman–Crippen MR) is 57.3 cm³/mol. The maximum Gasteiger partial charge on any atom is 0.151 e. The molecule has 5 heteroatoms. The van der Waals surface area contributed by atoms with Gasteiger partial charge in [-0.15, -0.1) is 0 Å². The van der Waals surface area contributed by atoms with Crippen LogP contribution < -0.4 is 5.73 Å². The zero-order valence-electron chi connectivity index (χ0n) is 6.68. The molecule has 0 unspecified atom stereocenters. The molecule has 2 nitrogen and oxygen atoms in total. The minimum atomic E-state index is -0.290. The number of hydrogen-bond acceptors (Lipinski definition) is 2. The summed E-state index contributed by atoms with van der Waals surface area (Å²) < 4.78 is 13.4. The van der Waals surface area contributed by atoms with Crippen LogP contribution in [0.3, 0.4) is 0 Å². The zero-order chi connectivity index (χ0) is 9.84. The zero-order valence-corrected chi connectivity index (χ0v) is 9.08. The van der Waals surface area contributed by atoms with Gasteiger partial charge in [-0.3, -0.25) is 5.41 Å². The van der Waals surface area contributed by atoms with Gasteiger partial charge in [0.25, 0.3) is 0 Å². The van der Waals surface area contributed by atoms with Gasteiger partial charge in [0, 0.05) is 5.75 Å². The van der Waals surface area contributed by atoms with Crippen molar-refractivity contribution in [3.8, 4) is 0 Å². The van der Waals surface area contributed by atoms with Crippen molar-refractivity contribution in [1.29, 1.82) is 5.41 Å². The first-order valence-electron chi connectivity index (χ1n) is 3.50. The van der Waals surface area contributed by atoms with Crippen LogP contribution in [0.4, 0.5) is 4.39 Å². The highest BCUT2D eigenvalue weighted by atomic mass is 79.9. The van der Waals surface area contributed by atoms with E-state index in [0.717, 1.165) is 5.56 Å². The molecule has 0 radical (unpaired) electrons. The molecule has 0 fully saturated rings. The summed E-state index contributed by atoms with van der Waals surface area (Å²) in [7, 11) is 0. The van der Waals surface area contributed by atoms with Crippen molar-refractivity contribution in [1.82, 2.24) is 0 Å². The first kappa shape index (κ1) is 10.5. The van der Waals surface area contributed by atoms with Crippen LogP contribution in [0.15, 0.2) is 22.7 Å². The Hall–Kier alpha value is -0.550. The maximum absolute atomic E-state index is 13.0. The smallest absolute Gasteiger partial charge is 0.151 e. The molecule has 0 atom stereocenters. The second kappa shape index (κ2) is 4.62. The number of amidine groups is 1. The summed E-state index contributed by atoms with van der Waals surface area (Å²) in [5.74, 6) is 0.237. The van der Waals surface area contributed by atoms with E-state index in [0.29, 0.717) is 10.2 Å². The average molecular weight is 263 g/mol. The van der Waals surface area contributed by atoms with Crippen molar-refractivity contribution in [2.75, 3.05) is 0 Å². The molecule has 13 heavy (non-hydrogen) atoms. The maximum atomic E-state index is 13.0. The van der Waals surface area contributed by atoms with Crippen molar-refractivity contribution in [3.63, 3.8) is 0 Å². The van der Waals surface area contributed by atoms with E-state index in [4.69, 9.17) is 11.1 Å². The van der Waals surface area contributed by atoms with E-state index in [9.17, 15) is 4.39 Å². The fourth-order valence-electron chi connectivity index (χ4n) is 0.791. The first-order valence-corrected chi connectivity index (χ1v) is 5.28. The Morgan fingerprint density at radius 3 is 2.85 bits per heavy atom. The van der Waals surface area contributed by atoms with E-state index in [-0.39, 0.29) is 11.0 Å². The van der Waals surface area contributed by atoms with Crippen LogP contribution in [0.25, 0.3) is 0 Å². The summed E-state index contributed by atoms with van der Waals surface area (Å²) in [6.07, 6.45) is 0. The summed E-state index contributed by atoms with van der Waals surface area (Å²) in [6.45, 7) is 0.